The molecular weight excluding hydrogens is 432 g/mol. The lowest BCUT2D eigenvalue weighted by Crippen LogP contribution is -2.47. The molecule has 0 bridgehead atoms. The van der Waals surface area contributed by atoms with Gasteiger partial charge in [-0.2, -0.15) is 10.1 Å². The topological polar surface area (TPSA) is 119 Å². The first kappa shape index (κ1) is 19.6. The first-order valence-electron chi connectivity index (χ1n) is 8.25. The molecular formula is C18H15BrN4O5. The van der Waals surface area contributed by atoms with Crippen LogP contribution in [0.4, 0.5) is 11.4 Å². The summed E-state index contributed by atoms with van der Waals surface area (Å²) in [6, 6.07) is 14.1. The maximum atomic E-state index is 13.2. The maximum Gasteiger partial charge on any atom is 0.271 e. The number of amides is 1. The van der Waals surface area contributed by atoms with Crippen molar-refractivity contribution >= 4 is 38.9 Å². The predicted molar refractivity (Wildman–Crippen MR) is 106 cm³/mol. The SMILES string of the molecule is CC1=NN(c2ccccc2)C(=O)[C@@]1(Br)[C@@H](C[N+](=O)[O-])c1ccc([N+](=O)[O-])cc1. The van der Waals surface area contributed by atoms with E-state index in [-0.39, 0.29) is 5.69 Å². The number of hydrazone groups is 1. The largest absolute Gasteiger partial charge is 0.271 e. The molecule has 1 heterocycles. The van der Waals surface area contributed by atoms with Gasteiger partial charge in [0.05, 0.1) is 22.2 Å². The molecule has 0 saturated heterocycles. The molecule has 2 aromatic rings. The molecule has 10 heteroatoms. The molecule has 0 N–H and O–H groups in total. The fourth-order valence-electron chi connectivity index (χ4n) is 3.16. The number of carbonyl (C=O) groups is 1. The molecule has 2 aromatic carbocycles. The van der Waals surface area contributed by atoms with E-state index in [4.69, 9.17) is 0 Å². The van der Waals surface area contributed by atoms with Gasteiger partial charge in [-0.3, -0.25) is 25.0 Å². The zero-order chi connectivity index (χ0) is 20.5. The van der Waals surface area contributed by atoms with Crippen molar-refractivity contribution < 1.29 is 14.6 Å². The Kier molecular flexibility index (Phi) is 5.23. The molecule has 1 aliphatic rings. The fourth-order valence-corrected chi connectivity index (χ4v) is 3.82. The second kappa shape index (κ2) is 7.47. The minimum atomic E-state index is -1.44. The molecule has 9 nitrogen and oxygen atoms in total. The Balaban J connectivity index is 2.04. The molecule has 1 aliphatic heterocycles. The molecule has 3 rings (SSSR count). The summed E-state index contributed by atoms with van der Waals surface area (Å²) in [5.74, 6) is -1.37. The monoisotopic (exact) mass is 446 g/mol. The van der Waals surface area contributed by atoms with Gasteiger partial charge >= 0.3 is 0 Å². The van der Waals surface area contributed by atoms with Gasteiger partial charge in [0.15, 0.2) is 4.32 Å². The highest BCUT2D eigenvalue weighted by Gasteiger charge is 2.55. The smallest absolute Gasteiger partial charge is 0.270 e. The molecule has 0 unspecified atom stereocenters. The Morgan fingerprint density at radius 1 is 1.11 bits per heavy atom. The van der Waals surface area contributed by atoms with Gasteiger partial charge in [0, 0.05) is 17.1 Å². The normalized spacial score (nSPS) is 20.0. The molecule has 1 amide bonds. The summed E-state index contributed by atoms with van der Waals surface area (Å²) < 4.78 is -1.44. The number of hydrogen-bond donors (Lipinski definition) is 0. The predicted octanol–water partition coefficient (Wildman–Crippen LogP) is 3.51. The van der Waals surface area contributed by atoms with Crippen molar-refractivity contribution in [3.8, 4) is 0 Å². The van der Waals surface area contributed by atoms with Crippen LogP contribution in [0.2, 0.25) is 0 Å². The van der Waals surface area contributed by atoms with Gasteiger partial charge in [-0.25, -0.2) is 0 Å². The van der Waals surface area contributed by atoms with Crippen LogP contribution >= 0.6 is 15.9 Å². The molecule has 0 spiro atoms. The van der Waals surface area contributed by atoms with Gasteiger partial charge in [0.1, 0.15) is 0 Å². The van der Waals surface area contributed by atoms with Crippen LogP contribution in [0.25, 0.3) is 0 Å². The molecule has 0 aromatic heterocycles. The summed E-state index contributed by atoms with van der Waals surface area (Å²) in [7, 11) is 0. The zero-order valence-corrected chi connectivity index (χ0v) is 16.3. The number of carbonyl (C=O) groups excluding carboxylic acids is 1. The molecule has 28 heavy (non-hydrogen) atoms. The molecule has 0 saturated carbocycles. The van der Waals surface area contributed by atoms with Gasteiger partial charge in [-0.1, -0.05) is 46.3 Å². The standard InChI is InChI=1S/C18H15BrN4O5/c1-12-18(19,17(24)22(20-12)14-5-3-2-4-6-14)16(11-21(25)26)13-7-9-15(10-8-13)23(27)28/h2-10,16H,11H2,1H3/t16-,18-/m0/s1. The van der Waals surface area contributed by atoms with Crippen molar-refractivity contribution in [1.82, 2.24) is 0 Å². The van der Waals surface area contributed by atoms with Crippen molar-refractivity contribution in [2.75, 3.05) is 11.6 Å². The number of nitrogens with zero attached hydrogens (tertiary/aromatic N) is 4. The quantitative estimate of drug-likeness (QED) is 0.381. The molecule has 0 fully saturated rings. The fraction of sp³-hybridized carbons (Fsp3) is 0.222. The first-order valence-corrected chi connectivity index (χ1v) is 9.04. The first-order chi connectivity index (χ1) is 13.2. The van der Waals surface area contributed by atoms with E-state index in [1.165, 1.54) is 29.3 Å². The van der Waals surface area contributed by atoms with Crippen LogP contribution in [0.5, 0.6) is 0 Å². The minimum Gasteiger partial charge on any atom is -0.270 e. The summed E-state index contributed by atoms with van der Waals surface area (Å²) in [5, 5.41) is 27.8. The van der Waals surface area contributed by atoms with Crippen molar-refractivity contribution in [3.63, 3.8) is 0 Å². The lowest BCUT2D eigenvalue weighted by Gasteiger charge is -2.29. The van der Waals surface area contributed by atoms with Gasteiger partial charge < -0.3 is 0 Å². The second-order valence-electron chi connectivity index (χ2n) is 6.27. The molecule has 0 radical (unpaired) electrons. The molecule has 144 valence electrons. The van der Waals surface area contributed by atoms with E-state index >= 15 is 0 Å². The minimum absolute atomic E-state index is 0.138. The highest BCUT2D eigenvalue weighted by molar-refractivity contribution is 9.10. The summed E-state index contributed by atoms with van der Waals surface area (Å²) in [6.07, 6.45) is 0. The summed E-state index contributed by atoms with van der Waals surface area (Å²) >= 11 is 3.43. The van der Waals surface area contributed by atoms with Crippen LogP contribution in [0, 0.1) is 20.2 Å². The number of rotatable bonds is 6. The van der Waals surface area contributed by atoms with E-state index in [0.29, 0.717) is 17.0 Å². The van der Waals surface area contributed by atoms with E-state index in [1.807, 2.05) is 0 Å². The lowest BCUT2D eigenvalue weighted by atomic mass is 9.82. The number of para-hydroxylation sites is 1. The van der Waals surface area contributed by atoms with Crippen LogP contribution < -0.4 is 5.01 Å². The third kappa shape index (κ3) is 3.38. The van der Waals surface area contributed by atoms with Crippen LogP contribution in [0.15, 0.2) is 59.7 Å². The van der Waals surface area contributed by atoms with Crippen molar-refractivity contribution in [2.45, 2.75) is 17.2 Å². The number of halogens is 1. The summed E-state index contributed by atoms with van der Waals surface area (Å²) in [4.78, 5) is 34.4. The van der Waals surface area contributed by atoms with Crippen LogP contribution in [0.1, 0.15) is 18.4 Å². The zero-order valence-electron chi connectivity index (χ0n) is 14.7. The Labute approximate surface area is 168 Å². The average molecular weight is 447 g/mol. The van der Waals surface area contributed by atoms with E-state index < -0.39 is 32.5 Å². The number of nitro groups is 2. The number of non-ortho nitro benzene ring substituents is 1. The van der Waals surface area contributed by atoms with E-state index in [0.717, 1.165) is 0 Å². The van der Waals surface area contributed by atoms with Crippen molar-refractivity contribution in [3.05, 3.63) is 80.4 Å². The van der Waals surface area contributed by atoms with E-state index in [1.54, 1.807) is 37.3 Å². The third-order valence-electron chi connectivity index (χ3n) is 4.60. The van der Waals surface area contributed by atoms with Crippen LogP contribution in [0.3, 0.4) is 0 Å². The maximum absolute atomic E-state index is 13.2. The lowest BCUT2D eigenvalue weighted by molar-refractivity contribution is -0.483. The average Bonchev–Trinajstić information content (AvgIpc) is 2.91. The number of alkyl halides is 1. The number of hydrogen-bond acceptors (Lipinski definition) is 6. The third-order valence-corrected chi connectivity index (χ3v) is 6.06. The van der Waals surface area contributed by atoms with Gasteiger partial charge in [-0.05, 0) is 24.6 Å². The van der Waals surface area contributed by atoms with Crippen molar-refractivity contribution in [1.29, 1.82) is 0 Å². The second-order valence-corrected chi connectivity index (χ2v) is 7.52. The van der Waals surface area contributed by atoms with Crippen LogP contribution in [-0.4, -0.2) is 32.3 Å². The summed E-state index contributed by atoms with van der Waals surface area (Å²) in [5.41, 5.74) is 1.20. The van der Waals surface area contributed by atoms with E-state index in [9.17, 15) is 25.0 Å². The highest BCUT2D eigenvalue weighted by Crippen LogP contribution is 2.44. The molecule has 2 atom stereocenters. The number of benzene rings is 2. The Bertz CT molecular complexity index is 964. The number of nitro benzene ring substituents is 1. The highest BCUT2D eigenvalue weighted by atomic mass is 79.9. The van der Waals surface area contributed by atoms with Crippen LogP contribution in [-0.2, 0) is 4.79 Å². The van der Waals surface area contributed by atoms with Gasteiger partial charge in [-0.15, -0.1) is 0 Å². The summed E-state index contributed by atoms with van der Waals surface area (Å²) in [6.45, 7) is 1.07. The van der Waals surface area contributed by atoms with Gasteiger partial charge in [0.2, 0.25) is 6.54 Å². The van der Waals surface area contributed by atoms with Crippen molar-refractivity contribution in [2.24, 2.45) is 5.10 Å². The number of anilines is 1. The van der Waals surface area contributed by atoms with E-state index in [2.05, 4.69) is 21.0 Å². The Morgan fingerprint density at radius 2 is 1.71 bits per heavy atom. The van der Waals surface area contributed by atoms with Gasteiger partial charge in [0.25, 0.3) is 11.6 Å². The Hall–Kier alpha value is -3.14. The molecule has 0 aliphatic carbocycles. The Morgan fingerprint density at radius 3 is 2.25 bits per heavy atom.